The lowest BCUT2D eigenvalue weighted by Gasteiger charge is -2.25. The van der Waals surface area contributed by atoms with Gasteiger partial charge < -0.3 is 9.47 Å². The Balaban J connectivity index is 1.24. The SMILES string of the molecule is O=C1NC(=O)C(Cc2ccccc2)(Cc2ccc(OCCn3ncc4cc(Cl)ccc43)cc2)O1. The lowest BCUT2D eigenvalue weighted by molar-refractivity contribution is -0.131. The van der Waals surface area contributed by atoms with E-state index in [1.54, 1.807) is 6.20 Å². The zero-order valence-electron chi connectivity index (χ0n) is 18.2. The number of nitrogens with one attached hydrogen (secondary N) is 1. The fourth-order valence-corrected chi connectivity index (χ4v) is 4.38. The molecular weight excluding hydrogens is 454 g/mol. The molecule has 1 unspecified atom stereocenters. The summed E-state index contributed by atoms with van der Waals surface area (Å²) in [5.41, 5.74) is 1.51. The third-order valence-corrected chi connectivity index (χ3v) is 6.07. The summed E-state index contributed by atoms with van der Waals surface area (Å²) in [7, 11) is 0. The molecule has 1 atom stereocenters. The number of cyclic esters (lactones) is 1. The molecule has 34 heavy (non-hydrogen) atoms. The molecule has 0 spiro atoms. The van der Waals surface area contributed by atoms with E-state index in [9.17, 15) is 9.59 Å². The highest BCUT2D eigenvalue weighted by molar-refractivity contribution is 6.31. The molecule has 1 aliphatic heterocycles. The first-order valence-corrected chi connectivity index (χ1v) is 11.3. The normalized spacial score (nSPS) is 17.6. The van der Waals surface area contributed by atoms with Crippen molar-refractivity contribution in [3.8, 4) is 5.75 Å². The average molecular weight is 476 g/mol. The van der Waals surface area contributed by atoms with Gasteiger partial charge in [0.2, 0.25) is 5.60 Å². The van der Waals surface area contributed by atoms with Gasteiger partial charge in [-0.2, -0.15) is 5.10 Å². The van der Waals surface area contributed by atoms with E-state index >= 15 is 0 Å². The number of rotatable bonds is 8. The van der Waals surface area contributed by atoms with Crippen molar-refractivity contribution in [2.45, 2.75) is 25.0 Å². The maximum absolute atomic E-state index is 12.7. The number of alkyl carbamates (subject to hydrolysis) is 1. The molecule has 8 heteroatoms. The van der Waals surface area contributed by atoms with E-state index in [1.807, 2.05) is 77.5 Å². The van der Waals surface area contributed by atoms with Crippen LogP contribution in [0.3, 0.4) is 0 Å². The van der Waals surface area contributed by atoms with E-state index in [-0.39, 0.29) is 6.42 Å². The van der Waals surface area contributed by atoms with E-state index in [0.717, 1.165) is 22.0 Å². The molecule has 0 aliphatic carbocycles. The molecule has 1 saturated heterocycles. The molecule has 1 aliphatic rings. The fourth-order valence-electron chi connectivity index (χ4n) is 4.20. The summed E-state index contributed by atoms with van der Waals surface area (Å²) >= 11 is 6.03. The third-order valence-electron chi connectivity index (χ3n) is 5.84. The number of halogens is 1. The summed E-state index contributed by atoms with van der Waals surface area (Å²) in [6.45, 7) is 1.03. The van der Waals surface area contributed by atoms with Crippen LogP contribution in [0.25, 0.3) is 10.9 Å². The van der Waals surface area contributed by atoms with Crippen molar-refractivity contribution in [3.05, 3.63) is 95.1 Å². The van der Waals surface area contributed by atoms with Crippen LogP contribution in [0.4, 0.5) is 4.79 Å². The van der Waals surface area contributed by atoms with Gasteiger partial charge in [0, 0.05) is 23.3 Å². The van der Waals surface area contributed by atoms with Crippen LogP contribution in [0.15, 0.2) is 79.0 Å². The molecule has 5 rings (SSSR count). The number of ether oxygens (including phenoxy) is 2. The number of imide groups is 1. The molecule has 2 amide bonds. The monoisotopic (exact) mass is 475 g/mol. The number of hydrogen-bond donors (Lipinski definition) is 1. The molecule has 2 heterocycles. The smallest absolute Gasteiger partial charge is 0.415 e. The molecule has 1 N–H and O–H groups in total. The standard InChI is InChI=1S/C26H22ClN3O4/c27-21-8-11-23-20(14-21)17-28-30(23)12-13-33-22-9-6-19(7-10-22)16-26(24(31)29-25(32)34-26)15-18-4-2-1-3-5-18/h1-11,14,17H,12-13,15-16H2,(H,29,31,32). The topological polar surface area (TPSA) is 82.5 Å². The number of nitrogens with zero attached hydrogens (tertiary/aromatic N) is 2. The van der Waals surface area contributed by atoms with Crippen molar-refractivity contribution >= 4 is 34.5 Å². The van der Waals surface area contributed by atoms with Gasteiger partial charge >= 0.3 is 6.09 Å². The Hall–Kier alpha value is -3.84. The Morgan fingerprint density at radius 2 is 1.71 bits per heavy atom. The maximum Gasteiger partial charge on any atom is 0.415 e. The van der Waals surface area contributed by atoms with Gasteiger partial charge in [-0.1, -0.05) is 54.1 Å². The summed E-state index contributed by atoms with van der Waals surface area (Å²) in [6.07, 6.45) is 1.64. The first kappa shape index (κ1) is 22.0. The van der Waals surface area contributed by atoms with Gasteiger partial charge in [-0.3, -0.25) is 14.8 Å². The molecule has 4 aromatic rings. The Morgan fingerprint density at radius 3 is 2.41 bits per heavy atom. The second-order valence-corrected chi connectivity index (χ2v) is 8.68. The van der Waals surface area contributed by atoms with E-state index in [4.69, 9.17) is 21.1 Å². The van der Waals surface area contributed by atoms with Crippen molar-refractivity contribution in [2.24, 2.45) is 0 Å². The highest BCUT2D eigenvalue weighted by Crippen LogP contribution is 2.28. The van der Waals surface area contributed by atoms with Crippen LogP contribution in [-0.4, -0.2) is 34.0 Å². The van der Waals surface area contributed by atoms with Gasteiger partial charge in [-0.25, -0.2) is 4.79 Å². The predicted octanol–water partition coefficient (Wildman–Crippen LogP) is 4.56. The van der Waals surface area contributed by atoms with Crippen LogP contribution in [0, 0.1) is 0 Å². The summed E-state index contributed by atoms with van der Waals surface area (Å²) in [6, 6.07) is 22.6. The molecule has 0 bridgehead atoms. The molecular formula is C26H22ClN3O4. The van der Waals surface area contributed by atoms with Crippen molar-refractivity contribution in [2.75, 3.05) is 6.61 Å². The first-order valence-electron chi connectivity index (χ1n) is 10.9. The van der Waals surface area contributed by atoms with Crippen LogP contribution in [0.1, 0.15) is 11.1 Å². The number of benzene rings is 3. The van der Waals surface area contributed by atoms with Gasteiger partial charge in [-0.05, 0) is 41.5 Å². The molecule has 7 nitrogen and oxygen atoms in total. The third kappa shape index (κ3) is 4.61. The zero-order chi connectivity index (χ0) is 23.5. The first-order chi connectivity index (χ1) is 16.5. The van der Waals surface area contributed by atoms with Gasteiger partial charge in [0.05, 0.1) is 18.3 Å². The summed E-state index contributed by atoms with van der Waals surface area (Å²) in [4.78, 5) is 24.5. The van der Waals surface area contributed by atoms with Gasteiger partial charge in [0.25, 0.3) is 5.91 Å². The fraction of sp³-hybridized carbons (Fsp3) is 0.192. The number of hydrogen-bond acceptors (Lipinski definition) is 5. The molecule has 172 valence electrons. The highest BCUT2D eigenvalue weighted by atomic mass is 35.5. The lowest BCUT2D eigenvalue weighted by Crippen LogP contribution is -2.43. The Bertz CT molecular complexity index is 1340. The number of fused-ring (bicyclic) bond motifs is 1. The second-order valence-electron chi connectivity index (χ2n) is 8.24. The maximum atomic E-state index is 12.7. The van der Waals surface area contributed by atoms with E-state index in [0.29, 0.717) is 30.3 Å². The minimum absolute atomic E-state index is 0.265. The van der Waals surface area contributed by atoms with Crippen LogP contribution in [0.2, 0.25) is 5.02 Å². The minimum atomic E-state index is -1.27. The molecule has 0 saturated carbocycles. The van der Waals surface area contributed by atoms with E-state index in [2.05, 4.69) is 10.4 Å². The van der Waals surface area contributed by atoms with E-state index < -0.39 is 17.6 Å². The average Bonchev–Trinajstić information content (AvgIpc) is 3.34. The summed E-state index contributed by atoms with van der Waals surface area (Å²) < 4.78 is 13.3. The largest absolute Gasteiger partial charge is 0.492 e. The quantitative estimate of drug-likeness (QED) is 0.404. The predicted molar refractivity (Wildman–Crippen MR) is 128 cm³/mol. The van der Waals surface area contributed by atoms with Crippen LogP contribution in [-0.2, 0) is 28.9 Å². The van der Waals surface area contributed by atoms with E-state index in [1.165, 1.54) is 0 Å². The number of carbonyl (C=O) groups excluding carboxylic acids is 2. The van der Waals surface area contributed by atoms with Crippen molar-refractivity contribution in [1.29, 1.82) is 0 Å². The van der Waals surface area contributed by atoms with Crippen LogP contribution in [0.5, 0.6) is 5.75 Å². The number of carbonyl (C=O) groups is 2. The Kier molecular flexibility index (Phi) is 5.94. The second kappa shape index (κ2) is 9.19. The van der Waals surface area contributed by atoms with Crippen molar-refractivity contribution < 1.29 is 19.1 Å². The highest BCUT2D eigenvalue weighted by Gasteiger charge is 2.48. The lowest BCUT2D eigenvalue weighted by atomic mass is 9.87. The van der Waals surface area contributed by atoms with Gasteiger partial charge in [0.1, 0.15) is 12.4 Å². The van der Waals surface area contributed by atoms with Crippen LogP contribution >= 0.6 is 11.6 Å². The zero-order valence-corrected chi connectivity index (χ0v) is 19.0. The summed E-state index contributed by atoms with van der Waals surface area (Å²) in [5, 5.41) is 8.33. The van der Waals surface area contributed by atoms with Crippen molar-refractivity contribution in [3.63, 3.8) is 0 Å². The summed E-state index contributed by atoms with van der Waals surface area (Å²) in [5.74, 6) is 0.280. The molecule has 1 fully saturated rings. The molecule has 3 aromatic carbocycles. The number of aromatic nitrogens is 2. The van der Waals surface area contributed by atoms with Gasteiger partial charge in [0.15, 0.2) is 0 Å². The number of amides is 2. The van der Waals surface area contributed by atoms with Crippen molar-refractivity contribution in [1.82, 2.24) is 15.1 Å². The Morgan fingerprint density at radius 1 is 0.971 bits per heavy atom. The molecule has 0 radical (unpaired) electrons. The minimum Gasteiger partial charge on any atom is -0.492 e. The van der Waals surface area contributed by atoms with Gasteiger partial charge in [-0.15, -0.1) is 0 Å². The molecule has 1 aromatic heterocycles. The Labute approximate surface area is 201 Å². The van der Waals surface area contributed by atoms with Crippen LogP contribution < -0.4 is 10.1 Å².